The monoisotopic (exact) mass is 537 g/mol. The number of aromatic nitrogens is 3. The predicted octanol–water partition coefficient (Wildman–Crippen LogP) is 4.55. The SMILES string of the molecule is CC1(C)CCCN(CC#Cc2cc(N3C4CCC3CN(c3cc(-c5ccccc5O)nnc3N)C4)ccn2)CC1. The summed E-state index contributed by atoms with van der Waals surface area (Å²) in [5, 5.41) is 18.8. The highest BCUT2D eigenvalue weighted by Gasteiger charge is 2.40. The highest BCUT2D eigenvalue weighted by Crippen LogP contribution is 2.39. The van der Waals surface area contributed by atoms with Crippen molar-refractivity contribution in [2.75, 3.05) is 48.3 Å². The zero-order chi connectivity index (χ0) is 27.7. The number of likely N-dealkylation sites (tertiary alicyclic amines) is 1. The summed E-state index contributed by atoms with van der Waals surface area (Å²) in [6.07, 6.45) is 7.91. The summed E-state index contributed by atoms with van der Waals surface area (Å²) >= 11 is 0. The number of anilines is 3. The van der Waals surface area contributed by atoms with E-state index < -0.39 is 0 Å². The van der Waals surface area contributed by atoms with Gasteiger partial charge in [-0.1, -0.05) is 31.9 Å². The zero-order valence-corrected chi connectivity index (χ0v) is 23.6. The number of rotatable bonds is 4. The highest BCUT2D eigenvalue weighted by molar-refractivity contribution is 5.74. The molecule has 3 N–H and O–H groups in total. The summed E-state index contributed by atoms with van der Waals surface area (Å²) in [7, 11) is 0. The number of piperazine rings is 1. The Kier molecular flexibility index (Phi) is 7.24. The molecular weight excluding hydrogens is 498 g/mol. The Labute approximate surface area is 237 Å². The molecule has 8 heteroatoms. The first-order chi connectivity index (χ1) is 19.4. The van der Waals surface area contributed by atoms with E-state index in [-0.39, 0.29) is 5.75 Å². The fourth-order valence-electron chi connectivity index (χ4n) is 6.51. The van der Waals surface area contributed by atoms with E-state index in [2.05, 4.69) is 67.7 Å². The standard InChI is InChI=1S/C32H39N7O/c1-32(2)13-6-17-37(18-14-32)16-5-7-23-19-24(12-15-34-23)39-25-10-11-26(39)22-38(21-25)29-20-28(35-36-31(29)33)27-8-3-4-9-30(27)40/h3-4,8-9,12,15,19-20,25-26,40H,6,10-11,13-14,16-18,21-22H2,1-2H3,(H2,33,36). The van der Waals surface area contributed by atoms with E-state index >= 15 is 0 Å². The topological polar surface area (TPSA) is 94.6 Å². The molecule has 40 heavy (non-hydrogen) atoms. The van der Waals surface area contributed by atoms with Gasteiger partial charge in [-0.2, -0.15) is 0 Å². The molecular formula is C32H39N7O. The maximum atomic E-state index is 10.3. The molecule has 3 aliphatic heterocycles. The van der Waals surface area contributed by atoms with E-state index in [0.717, 1.165) is 56.9 Å². The van der Waals surface area contributed by atoms with Crippen molar-refractivity contribution in [1.29, 1.82) is 0 Å². The molecule has 6 rings (SSSR count). The normalized spacial score (nSPS) is 22.4. The number of phenolic OH excluding ortho intramolecular Hbond substituents is 1. The third-order valence-electron chi connectivity index (χ3n) is 8.80. The molecule has 3 aliphatic rings. The molecule has 8 nitrogen and oxygen atoms in total. The fourth-order valence-corrected chi connectivity index (χ4v) is 6.51. The molecule has 3 aromatic rings. The van der Waals surface area contributed by atoms with Gasteiger partial charge >= 0.3 is 0 Å². The van der Waals surface area contributed by atoms with Crippen LogP contribution in [0.1, 0.15) is 51.6 Å². The average molecular weight is 538 g/mol. The van der Waals surface area contributed by atoms with Crippen LogP contribution < -0.4 is 15.5 Å². The van der Waals surface area contributed by atoms with Gasteiger partial charge in [-0.3, -0.25) is 4.90 Å². The summed E-state index contributed by atoms with van der Waals surface area (Å²) in [5.74, 6) is 7.34. The van der Waals surface area contributed by atoms with Crippen LogP contribution in [0.4, 0.5) is 17.2 Å². The molecule has 0 aliphatic carbocycles. The van der Waals surface area contributed by atoms with E-state index in [1.54, 1.807) is 12.1 Å². The van der Waals surface area contributed by atoms with Crippen LogP contribution in [0.25, 0.3) is 11.3 Å². The number of benzene rings is 1. The molecule has 208 valence electrons. The van der Waals surface area contributed by atoms with Crippen LogP contribution in [-0.4, -0.2) is 70.0 Å². The lowest BCUT2D eigenvalue weighted by atomic mass is 9.85. The molecule has 0 saturated carbocycles. The molecule has 1 aromatic carbocycles. The first kappa shape index (κ1) is 26.4. The number of phenols is 1. The van der Waals surface area contributed by atoms with Crippen molar-refractivity contribution in [3.05, 3.63) is 54.4 Å². The van der Waals surface area contributed by atoms with Gasteiger partial charge in [0.25, 0.3) is 0 Å². The molecule has 2 bridgehead atoms. The largest absolute Gasteiger partial charge is 0.507 e. The molecule has 0 amide bonds. The van der Waals surface area contributed by atoms with Gasteiger partial charge in [0.15, 0.2) is 5.82 Å². The predicted molar refractivity (Wildman–Crippen MR) is 160 cm³/mol. The first-order valence-electron chi connectivity index (χ1n) is 14.5. The highest BCUT2D eigenvalue weighted by atomic mass is 16.3. The molecule has 0 radical (unpaired) electrons. The Balaban J connectivity index is 1.15. The van der Waals surface area contributed by atoms with Crippen LogP contribution in [-0.2, 0) is 0 Å². The second-order valence-corrected chi connectivity index (χ2v) is 12.2. The lowest BCUT2D eigenvalue weighted by molar-refractivity contribution is 0.283. The summed E-state index contributed by atoms with van der Waals surface area (Å²) < 4.78 is 0. The summed E-state index contributed by atoms with van der Waals surface area (Å²) in [5.41, 5.74) is 10.9. The lowest BCUT2D eigenvalue weighted by Crippen LogP contribution is -2.54. The number of nitrogens with zero attached hydrogens (tertiary/aromatic N) is 6. The van der Waals surface area contributed by atoms with Gasteiger partial charge in [0.05, 0.1) is 17.9 Å². The van der Waals surface area contributed by atoms with Crippen molar-refractivity contribution in [1.82, 2.24) is 20.1 Å². The van der Waals surface area contributed by atoms with Gasteiger partial charge in [-0.05, 0) is 86.9 Å². The van der Waals surface area contributed by atoms with Gasteiger partial charge in [-0.25, -0.2) is 4.98 Å². The Morgan fingerprint density at radius 1 is 1.02 bits per heavy atom. The van der Waals surface area contributed by atoms with Gasteiger partial charge in [-0.15, -0.1) is 10.2 Å². The van der Waals surface area contributed by atoms with Gasteiger partial charge < -0.3 is 20.6 Å². The van der Waals surface area contributed by atoms with E-state index in [1.807, 2.05) is 24.4 Å². The Morgan fingerprint density at radius 2 is 1.82 bits per heavy atom. The number of nitrogen functional groups attached to an aromatic ring is 1. The number of aromatic hydroxyl groups is 1. The zero-order valence-electron chi connectivity index (χ0n) is 23.6. The van der Waals surface area contributed by atoms with Crippen molar-refractivity contribution in [2.24, 2.45) is 5.41 Å². The first-order valence-corrected chi connectivity index (χ1v) is 14.5. The van der Waals surface area contributed by atoms with Crippen molar-refractivity contribution in [3.8, 4) is 28.8 Å². The van der Waals surface area contributed by atoms with Crippen molar-refractivity contribution in [2.45, 2.75) is 58.0 Å². The van der Waals surface area contributed by atoms with Crippen LogP contribution in [0.15, 0.2) is 48.7 Å². The number of nitrogens with two attached hydrogens (primary N) is 1. The molecule has 2 atom stereocenters. The van der Waals surface area contributed by atoms with Crippen LogP contribution in [0, 0.1) is 17.3 Å². The van der Waals surface area contributed by atoms with Gasteiger partial charge in [0.2, 0.25) is 0 Å². The van der Waals surface area contributed by atoms with Crippen molar-refractivity contribution in [3.63, 3.8) is 0 Å². The third-order valence-corrected chi connectivity index (χ3v) is 8.80. The fraction of sp³-hybridized carbons (Fsp3) is 0.469. The molecule has 0 spiro atoms. The smallest absolute Gasteiger partial charge is 0.169 e. The van der Waals surface area contributed by atoms with Crippen LogP contribution >= 0.6 is 0 Å². The molecule has 3 saturated heterocycles. The van der Waals surface area contributed by atoms with Crippen LogP contribution in [0.2, 0.25) is 0 Å². The Bertz CT molecular complexity index is 1410. The number of pyridine rings is 1. The molecule has 3 fully saturated rings. The average Bonchev–Trinajstić information content (AvgIpc) is 3.09. The minimum Gasteiger partial charge on any atom is -0.507 e. The summed E-state index contributed by atoms with van der Waals surface area (Å²) in [6, 6.07) is 14.1. The van der Waals surface area contributed by atoms with Crippen LogP contribution in [0.5, 0.6) is 5.75 Å². The second kappa shape index (κ2) is 11.0. The summed E-state index contributed by atoms with van der Waals surface area (Å²) in [4.78, 5) is 11.9. The molecule has 5 heterocycles. The lowest BCUT2D eigenvalue weighted by Gasteiger charge is -2.43. The Morgan fingerprint density at radius 3 is 2.62 bits per heavy atom. The maximum absolute atomic E-state index is 10.3. The van der Waals surface area contributed by atoms with E-state index in [0.29, 0.717) is 34.6 Å². The van der Waals surface area contributed by atoms with Gasteiger partial charge in [0, 0.05) is 42.6 Å². The number of hydrogen-bond acceptors (Lipinski definition) is 8. The van der Waals surface area contributed by atoms with Gasteiger partial charge in [0.1, 0.15) is 11.4 Å². The van der Waals surface area contributed by atoms with E-state index in [9.17, 15) is 5.11 Å². The Hall–Kier alpha value is -3.83. The molecule has 2 unspecified atom stereocenters. The van der Waals surface area contributed by atoms with Crippen LogP contribution in [0.3, 0.4) is 0 Å². The van der Waals surface area contributed by atoms with E-state index in [4.69, 9.17) is 5.73 Å². The maximum Gasteiger partial charge on any atom is 0.169 e. The quantitative estimate of drug-likeness (QED) is 0.468. The molecule has 2 aromatic heterocycles. The van der Waals surface area contributed by atoms with E-state index in [1.165, 1.54) is 24.9 Å². The minimum atomic E-state index is 0.185. The van der Waals surface area contributed by atoms with Crippen molar-refractivity contribution >= 4 is 17.2 Å². The number of para-hydroxylation sites is 1. The summed E-state index contributed by atoms with van der Waals surface area (Å²) in [6.45, 7) is 9.50. The minimum absolute atomic E-state index is 0.185. The third kappa shape index (κ3) is 5.57. The number of fused-ring (bicyclic) bond motifs is 2. The van der Waals surface area contributed by atoms with Crippen molar-refractivity contribution < 1.29 is 5.11 Å². The second-order valence-electron chi connectivity index (χ2n) is 12.2. The number of hydrogen-bond donors (Lipinski definition) is 2.